The van der Waals surface area contributed by atoms with Crippen LogP contribution >= 0.6 is 11.6 Å². The van der Waals surface area contributed by atoms with E-state index < -0.39 is 6.04 Å². The summed E-state index contributed by atoms with van der Waals surface area (Å²) < 4.78 is 5.57. The molecule has 2 aromatic rings. The summed E-state index contributed by atoms with van der Waals surface area (Å²) in [4.78, 5) is 26.6. The van der Waals surface area contributed by atoms with Gasteiger partial charge in [-0.25, -0.2) is 0 Å². The second-order valence-corrected chi connectivity index (χ2v) is 6.22. The summed E-state index contributed by atoms with van der Waals surface area (Å²) in [6.07, 6.45) is 0.513. The van der Waals surface area contributed by atoms with Gasteiger partial charge in [0.2, 0.25) is 5.91 Å². The standard InChI is InChI=1S/C20H23ClN2O3/c1-3-18(20(25)22-2)23(13-15-7-5-4-6-8-15)19(24)14-26-17-11-9-16(21)10-12-17/h4-12,18H,3,13-14H2,1-2H3,(H,22,25)/t18-/m0/s1. The Balaban J connectivity index is 2.13. The van der Waals surface area contributed by atoms with Crippen molar-refractivity contribution in [2.24, 2.45) is 0 Å². The van der Waals surface area contributed by atoms with Gasteiger partial charge in [-0.15, -0.1) is 0 Å². The number of hydrogen-bond acceptors (Lipinski definition) is 3. The van der Waals surface area contributed by atoms with Crippen molar-refractivity contribution in [1.82, 2.24) is 10.2 Å². The Labute approximate surface area is 158 Å². The van der Waals surface area contributed by atoms with Gasteiger partial charge in [0.15, 0.2) is 6.61 Å². The minimum absolute atomic E-state index is 0.151. The third-order valence-corrected chi connectivity index (χ3v) is 4.26. The number of halogens is 1. The van der Waals surface area contributed by atoms with E-state index in [1.165, 1.54) is 0 Å². The number of carbonyl (C=O) groups excluding carboxylic acids is 2. The maximum absolute atomic E-state index is 12.8. The van der Waals surface area contributed by atoms with Crippen LogP contribution in [0, 0.1) is 0 Å². The third-order valence-electron chi connectivity index (χ3n) is 4.00. The predicted octanol–water partition coefficient (Wildman–Crippen LogP) is 3.27. The summed E-state index contributed by atoms with van der Waals surface area (Å²) in [7, 11) is 1.57. The van der Waals surface area contributed by atoms with Crippen molar-refractivity contribution in [3.8, 4) is 5.75 Å². The predicted molar refractivity (Wildman–Crippen MR) is 102 cm³/mol. The minimum atomic E-state index is -0.554. The lowest BCUT2D eigenvalue weighted by Crippen LogP contribution is -2.49. The normalized spacial score (nSPS) is 11.5. The summed E-state index contributed by atoms with van der Waals surface area (Å²) in [6.45, 7) is 2.07. The summed E-state index contributed by atoms with van der Waals surface area (Å²) in [5.41, 5.74) is 0.953. The molecule has 0 bridgehead atoms. The Morgan fingerprint density at radius 1 is 1.12 bits per heavy atom. The molecule has 1 N–H and O–H groups in total. The summed E-state index contributed by atoms with van der Waals surface area (Å²) in [6, 6.07) is 15.8. The number of nitrogens with one attached hydrogen (secondary N) is 1. The first kappa shape index (κ1) is 19.8. The molecule has 0 unspecified atom stereocenters. The molecule has 26 heavy (non-hydrogen) atoms. The molecule has 1 atom stereocenters. The second kappa shape index (κ2) is 9.82. The van der Waals surface area contributed by atoms with E-state index in [1.807, 2.05) is 37.3 Å². The second-order valence-electron chi connectivity index (χ2n) is 5.79. The zero-order chi connectivity index (χ0) is 18.9. The molecule has 2 amide bonds. The fourth-order valence-corrected chi connectivity index (χ4v) is 2.75. The third kappa shape index (κ3) is 5.49. The van der Waals surface area contributed by atoms with Crippen LogP contribution in [0.5, 0.6) is 5.75 Å². The van der Waals surface area contributed by atoms with Crippen molar-refractivity contribution < 1.29 is 14.3 Å². The first-order valence-electron chi connectivity index (χ1n) is 8.48. The van der Waals surface area contributed by atoms with Gasteiger partial charge in [0.1, 0.15) is 11.8 Å². The zero-order valence-electron chi connectivity index (χ0n) is 14.9. The summed E-state index contributed by atoms with van der Waals surface area (Å²) in [5.74, 6) is 0.109. The SMILES string of the molecule is CC[C@@H](C(=O)NC)N(Cc1ccccc1)C(=O)COc1ccc(Cl)cc1. The largest absolute Gasteiger partial charge is 0.484 e. The van der Waals surface area contributed by atoms with Crippen LogP contribution in [0.3, 0.4) is 0 Å². The molecular weight excluding hydrogens is 352 g/mol. The van der Waals surface area contributed by atoms with Crippen molar-refractivity contribution in [2.45, 2.75) is 25.9 Å². The molecule has 0 fully saturated rings. The van der Waals surface area contributed by atoms with Gasteiger partial charge in [-0.05, 0) is 36.2 Å². The molecule has 0 aliphatic rings. The van der Waals surface area contributed by atoms with Crippen LogP contribution in [0.15, 0.2) is 54.6 Å². The van der Waals surface area contributed by atoms with Crippen LogP contribution in [0.2, 0.25) is 5.02 Å². The van der Waals surface area contributed by atoms with Crippen LogP contribution in [-0.2, 0) is 16.1 Å². The Bertz CT molecular complexity index is 720. The zero-order valence-corrected chi connectivity index (χ0v) is 15.7. The molecule has 2 rings (SSSR count). The molecule has 0 aliphatic carbocycles. The molecule has 0 saturated heterocycles. The number of likely N-dealkylation sites (N-methyl/N-ethyl adjacent to an activating group) is 1. The highest BCUT2D eigenvalue weighted by Crippen LogP contribution is 2.17. The molecule has 5 nitrogen and oxygen atoms in total. The van der Waals surface area contributed by atoms with Crippen LogP contribution in [0.4, 0.5) is 0 Å². The molecule has 0 spiro atoms. The van der Waals surface area contributed by atoms with Crippen LogP contribution in [0.1, 0.15) is 18.9 Å². The lowest BCUT2D eigenvalue weighted by Gasteiger charge is -2.30. The van der Waals surface area contributed by atoms with Crippen molar-refractivity contribution >= 4 is 23.4 Å². The fourth-order valence-electron chi connectivity index (χ4n) is 2.63. The van der Waals surface area contributed by atoms with Gasteiger partial charge in [0.05, 0.1) is 0 Å². The highest BCUT2D eigenvalue weighted by atomic mass is 35.5. The lowest BCUT2D eigenvalue weighted by atomic mass is 10.1. The number of rotatable bonds is 8. The quantitative estimate of drug-likeness (QED) is 0.771. The molecule has 0 radical (unpaired) electrons. The van der Waals surface area contributed by atoms with E-state index in [9.17, 15) is 9.59 Å². The first-order valence-corrected chi connectivity index (χ1v) is 8.86. The van der Waals surface area contributed by atoms with Gasteiger partial charge < -0.3 is 15.0 Å². The molecule has 0 aromatic heterocycles. The summed E-state index contributed by atoms with van der Waals surface area (Å²) in [5, 5.41) is 3.23. The number of hydrogen-bond donors (Lipinski definition) is 1. The van der Waals surface area contributed by atoms with E-state index in [-0.39, 0.29) is 18.4 Å². The maximum Gasteiger partial charge on any atom is 0.261 e. The molecule has 138 valence electrons. The fraction of sp³-hybridized carbons (Fsp3) is 0.300. The molecule has 0 aliphatic heterocycles. The van der Waals surface area contributed by atoms with Gasteiger partial charge in [-0.1, -0.05) is 48.9 Å². The smallest absolute Gasteiger partial charge is 0.261 e. The van der Waals surface area contributed by atoms with Gasteiger partial charge in [-0.2, -0.15) is 0 Å². The van der Waals surface area contributed by atoms with Crippen molar-refractivity contribution in [3.63, 3.8) is 0 Å². The maximum atomic E-state index is 12.8. The number of ether oxygens (including phenoxy) is 1. The van der Waals surface area contributed by atoms with Crippen LogP contribution in [0.25, 0.3) is 0 Å². The average molecular weight is 375 g/mol. The van der Waals surface area contributed by atoms with Crippen LogP contribution < -0.4 is 10.1 Å². The van der Waals surface area contributed by atoms with Crippen LogP contribution in [-0.4, -0.2) is 36.4 Å². The number of carbonyl (C=O) groups is 2. The number of nitrogens with zero attached hydrogens (tertiary/aromatic N) is 1. The highest BCUT2D eigenvalue weighted by Gasteiger charge is 2.28. The Morgan fingerprint density at radius 3 is 2.35 bits per heavy atom. The van der Waals surface area contributed by atoms with E-state index in [2.05, 4.69) is 5.32 Å². The topological polar surface area (TPSA) is 58.6 Å². The van der Waals surface area contributed by atoms with Gasteiger partial charge in [0, 0.05) is 18.6 Å². The summed E-state index contributed by atoms with van der Waals surface area (Å²) >= 11 is 5.85. The monoisotopic (exact) mass is 374 g/mol. The molecule has 2 aromatic carbocycles. The highest BCUT2D eigenvalue weighted by molar-refractivity contribution is 6.30. The van der Waals surface area contributed by atoms with E-state index in [0.29, 0.717) is 23.7 Å². The van der Waals surface area contributed by atoms with E-state index >= 15 is 0 Å². The Kier molecular flexibility index (Phi) is 7.48. The molecule has 0 saturated carbocycles. The number of amides is 2. The lowest BCUT2D eigenvalue weighted by molar-refractivity contribution is -0.142. The first-order chi connectivity index (χ1) is 12.5. The molecular formula is C20H23ClN2O3. The minimum Gasteiger partial charge on any atom is -0.484 e. The van der Waals surface area contributed by atoms with Crippen molar-refractivity contribution in [1.29, 1.82) is 0 Å². The van der Waals surface area contributed by atoms with Gasteiger partial charge in [0.25, 0.3) is 5.91 Å². The van der Waals surface area contributed by atoms with Crippen molar-refractivity contribution in [2.75, 3.05) is 13.7 Å². The molecule has 0 heterocycles. The van der Waals surface area contributed by atoms with E-state index in [0.717, 1.165) is 5.56 Å². The average Bonchev–Trinajstić information content (AvgIpc) is 2.67. The van der Waals surface area contributed by atoms with Gasteiger partial charge in [-0.3, -0.25) is 9.59 Å². The Hall–Kier alpha value is -2.53. The Morgan fingerprint density at radius 2 is 1.77 bits per heavy atom. The van der Waals surface area contributed by atoms with E-state index in [4.69, 9.17) is 16.3 Å². The van der Waals surface area contributed by atoms with Gasteiger partial charge >= 0.3 is 0 Å². The van der Waals surface area contributed by atoms with E-state index in [1.54, 1.807) is 36.2 Å². The number of benzene rings is 2. The molecule has 6 heteroatoms. The van der Waals surface area contributed by atoms with Crippen molar-refractivity contribution in [3.05, 3.63) is 65.2 Å².